The smallest absolute Gasteiger partial charge is 0.139 e. The Labute approximate surface area is 86.6 Å². The van der Waals surface area contributed by atoms with Crippen molar-refractivity contribution in [2.45, 2.75) is 57.8 Å². The van der Waals surface area contributed by atoms with Crippen molar-refractivity contribution in [1.82, 2.24) is 0 Å². The van der Waals surface area contributed by atoms with Gasteiger partial charge in [0.05, 0.1) is 0 Å². The Hall–Kier alpha value is -0.590. The van der Waals surface area contributed by atoms with Gasteiger partial charge in [-0.2, -0.15) is 0 Å². The molecule has 0 aromatic carbocycles. The Balaban J connectivity index is 1.83. The van der Waals surface area contributed by atoms with Gasteiger partial charge in [0, 0.05) is 12.3 Å². The lowest BCUT2D eigenvalue weighted by Gasteiger charge is -2.14. The Kier molecular flexibility index (Phi) is 3.39. The molecule has 0 aromatic rings. The van der Waals surface area contributed by atoms with E-state index in [1.165, 1.54) is 44.1 Å². The maximum absolute atomic E-state index is 11.9. The fourth-order valence-corrected chi connectivity index (χ4v) is 2.68. The molecule has 2 rings (SSSR count). The number of carbonyl (C=O) groups is 1. The molecule has 0 aliphatic heterocycles. The first-order valence-electron chi connectivity index (χ1n) is 6.07. The second-order valence-corrected chi connectivity index (χ2v) is 4.73. The van der Waals surface area contributed by atoms with Gasteiger partial charge in [-0.25, -0.2) is 0 Å². The molecule has 1 nitrogen and oxygen atoms in total. The standard InChI is InChI=1S/C13H20O/c14-13(12-8-4-5-9-12)10-11-6-2-1-3-7-11/h6,12H,1-5,7-10H2. The van der Waals surface area contributed by atoms with Gasteiger partial charge < -0.3 is 0 Å². The van der Waals surface area contributed by atoms with Crippen LogP contribution in [0.4, 0.5) is 0 Å². The number of allylic oxidation sites excluding steroid dienone is 2. The van der Waals surface area contributed by atoms with E-state index >= 15 is 0 Å². The monoisotopic (exact) mass is 192 g/mol. The summed E-state index contributed by atoms with van der Waals surface area (Å²) in [5.74, 6) is 0.938. The predicted molar refractivity (Wildman–Crippen MR) is 58.1 cm³/mol. The first-order chi connectivity index (χ1) is 6.86. The van der Waals surface area contributed by atoms with Crippen LogP contribution in [0.15, 0.2) is 11.6 Å². The fraction of sp³-hybridized carbons (Fsp3) is 0.769. The number of carbonyl (C=O) groups excluding carboxylic acids is 1. The van der Waals surface area contributed by atoms with E-state index in [0.717, 1.165) is 19.3 Å². The summed E-state index contributed by atoms with van der Waals surface area (Å²) in [5, 5.41) is 0. The van der Waals surface area contributed by atoms with Gasteiger partial charge in [-0.15, -0.1) is 0 Å². The zero-order chi connectivity index (χ0) is 9.80. The van der Waals surface area contributed by atoms with Gasteiger partial charge >= 0.3 is 0 Å². The molecule has 0 saturated heterocycles. The highest BCUT2D eigenvalue weighted by Crippen LogP contribution is 2.29. The molecule has 0 unspecified atom stereocenters. The molecule has 14 heavy (non-hydrogen) atoms. The van der Waals surface area contributed by atoms with Gasteiger partial charge in [0.2, 0.25) is 0 Å². The first kappa shape index (κ1) is 9.95. The van der Waals surface area contributed by atoms with Crippen molar-refractivity contribution in [3.63, 3.8) is 0 Å². The molecule has 1 fully saturated rings. The normalized spacial score (nSPS) is 23.6. The second-order valence-electron chi connectivity index (χ2n) is 4.73. The van der Waals surface area contributed by atoms with Gasteiger partial charge in [-0.05, 0) is 38.5 Å². The number of hydrogen-bond donors (Lipinski definition) is 0. The summed E-state index contributed by atoms with van der Waals surface area (Å²) in [5.41, 5.74) is 1.42. The molecule has 2 aliphatic rings. The van der Waals surface area contributed by atoms with Crippen LogP contribution in [0.1, 0.15) is 57.8 Å². The van der Waals surface area contributed by atoms with Crippen molar-refractivity contribution in [3.8, 4) is 0 Å². The zero-order valence-corrected chi connectivity index (χ0v) is 8.93. The highest BCUT2D eigenvalue weighted by Gasteiger charge is 2.23. The molecule has 0 atom stereocenters. The molecule has 0 heterocycles. The van der Waals surface area contributed by atoms with E-state index in [1.807, 2.05) is 0 Å². The molecule has 0 spiro atoms. The number of Topliss-reactive ketones (excluding diaryl/α,β-unsaturated/α-hetero) is 1. The topological polar surface area (TPSA) is 17.1 Å². The fourth-order valence-electron chi connectivity index (χ4n) is 2.68. The Morgan fingerprint density at radius 1 is 1.21 bits per heavy atom. The molecule has 1 saturated carbocycles. The molecule has 0 amide bonds. The van der Waals surface area contributed by atoms with Gasteiger partial charge in [0.25, 0.3) is 0 Å². The molecular weight excluding hydrogens is 172 g/mol. The largest absolute Gasteiger partial charge is 0.299 e. The summed E-state index contributed by atoms with van der Waals surface area (Å²) >= 11 is 0. The second kappa shape index (κ2) is 4.77. The van der Waals surface area contributed by atoms with E-state index in [4.69, 9.17) is 0 Å². The van der Waals surface area contributed by atoms with Gasteiger partial charge in [0.1, 0.15) is 5.78 Å². The van der Waals surface area contributed by atoms with Crippen molar-refractivity contribution in [2.75, 3.05) is 0 Å². The minimum atomic E-state index is 0.415. The summed E-state index contributed by atoms with van der Waals surface area (Å²) in [6.07, 6.45) is 12.9. The van der Waals surface area contributed by atoms with E-state index in [0.29, 0.717) is 11.7 Å². The lowest BCUT2D eigenvalue weighted by molar-refractivity contribution is -0.122. The number of ketones is 1. The van der Waals surface area contributed by atoms with Crippen LogP contribution in [0.25, 0.3) is 0 Å². The average molecular weight is 192 g/mol. The third-order valence-electron chi connectivity index (χ3n) is 3.60. The molecule has 1 heteroatoms. The van der Waals surface area contributed by atoms with Crippen molar-refractivity contribution in [2.24, 2.45) is 5.92 Å². The van der Waals surface area contributed by atoms with Crippen molar-refractivity contribution >= 4 is 5.78 Å². The highest BCUT2D eigenvalue weighted by molar-refractivity contribution is 5.83. The maximum atomic E-state index is 11.9. The lowest BCUT2D eigenvalue weighted by atomic mass is 9.91. The zero-order valence-electron chi connectivity index (χ0n) is 8.93. The summed E-state index contributed by atoms with van der Waals surface area (Å²) < 4.78 is 0. The summed E-state index contributed by atoms with van der Waals surface area (Å²) in [6, 6.07) is 0. The van der Waals surface area contributed by atoms with Crippen LogP contribution >= 0.6 is 0 Å². The first-order valence-corrected chi connectivity index (χ1v) is 6.07. The summed E-state index contributed by atoms with van der Waals surface area (Å²) in [6.45, 7) is 0. The average Bonchev–Trinajstić information content (AvgIpc) is 2.72. The Morgan fingerprint density at radius 3 is 2.64 bits per heavy atom. The van der Waals surface area contributed by atoms with Crippen LogP contribution < -0.4 is 0 Å². The Bertz CT molecular complexity index is 234. The highest BCUT2D eigenvalue weighted by atomic mass is 16.1. The van der Waals surface area contributed by atoms with Crippen LogP contribution in [-0.2, 0) is 4.79 Å². The van der Waals surface area contributed by atoms with E-state index < -0.39 is 0 Å². The quantitative estimate of drug-likeness (QED) is 0.624. The van der Waals surface area contributed by atoms with Crippen molar-refractivity contribution < 1.29 is 4.79 Å². The third kappa shape index (κ3) is 2.46. The lowest BCUT2D eigenvalue weighted by Crippen LogP contribution is -2.12. The molecule has 78 valence electrons. The van der Waals surface area contributed by atoms with E-state index in [9.17, 15) is 4.79 Å². The van der Waals surface area contributed by atoms with Gasteiger partial charge in [-0.3, -0.25) is 4.79 Å². The maximum Gasteiger partial charge on any atom is 0.139 e. The van der Waals surface area contributed by atoms with Crippen molar-refractivity contribution in [3.05, 3.63) is 11.6 Å². The van der Waals surface area contributed by atoms with Crippen LogP contribution in [0, 0.1) is 5.92 Å². The van der Waals surface area contributed by atoms with Crippen LogP contribution in [0.3, 0.4) is 0 Å². The van der Waals surface area contributed by atoms with Crippen LogP contribution in [-0.4, -0.2) is 5.78 Å². The molecule has 0 N–H and O–H groups in total. The molecular formula is C13H20O. The SMILES string of the molecule is O=C(CC1=CCCCC1)C1CCCC1. The Morgan fingerprint density at radius 2 is 2.00 bits per heavy atom. The summed E-state index contributed by atoms with van der Waals surface area (Å²) in [7, 11) is 0. The third-order valence-corrected chi connectivity index (χ3v) is 3.60. The van der Waals surface area contributed by atoms with Crippen LogP contribution in [0.5, 0.6) is 0 Å². The molecule has 0 aromatic heterocycles. The summed E-state index contributed by atoms with van der Waals surface area (Å²) in [4.78, 5) is 11.9. The molecule has 2 aliphatic carbocycles. The van der Waals surface area contributed by atoms with E-state index in [-0.39, 0.29) is 0 Å². The van der Waals surface area contributed by atoms with Gasteiger partial charge in [-0.1, -0.05) is 24.5 Å². The van der Waals surface area contributed by atoms with E-state index in [1.54, 1.807) is 0 Å². The van der Waals surface area contributed by atoms with Gasteiger partial charge in [0.15, 0.2) is 0 Å². The van der Waals surface area contributed by atoms with Crippen LogP contribution in [0.2, 0.25) is 0 Å². The predicted octanol–water partition coefficient (Wildman–Crippen LogP) is 3.64. The minimum Gasteiger partial charge on any atom is -0.299 e. The molecule has 0 radical (unpaired) electrons. The van der Waals surface area contributed by atoms with E-state index in [2.05, 4.69) is 6.08 Å². The molecule has 0 bridgehead atoms. The van der Waals surface area contributed by atoms with Crippen molar-refractivity contribution in [1.29, 1.82) is 0 Å². The minimum absolute atomic E-state index is 0.415. The number of rotatable bonds is 3. The number of hydrogen-bond acceptors (Lipinski definition) is 1.